The quantitative estimate of drug-likeness (QED) is 0.556. The van der Waals surface area contributed by atoms with Crippen molar-refractivity contribution in [2.75, 3.05) is 6.54 Å². The van der Waals surface area contributed by atoms with E-state index in [0.717, 1.165) is 16.8 Å². The maximum atomic E-state index is 14.3. The van der Waals surface area contributed by atoms with Crippen LogP contribution in [0.1, 0.15) is 33.5 Å². The number of nitrogens with zero attached hydrogens (tertiary/aromatic N) is 2. The van der Waals surface area contributed by atoms with Gasteiger partial charge in [-0.15, -0.1) is 0 Å². The maximum Gasteiger partial charge on any atom is 0.257 e. The molecular formula is C25H22F2N2O2. The van der Waals surface area contributed by atoms with Crippen LogP contribution in [0.4, 0.5) is 8.78 Å². The van der Waals surface area contributed by atoms with Crippen LogP contribution in [0.5, 0.6) is 0 Å². The number of carbonyl (C=O) groups excluding carboxylic acids is 1. The van der Waals surface area contributed by atoms with Gasteiger partial charge < -0.3 is 9.74 Å². The molecule has 3 aromatic rings. The van der Waals surface area contributed by atoms with Gasteiger partial charge in [-0.2, -0.15) is 0 Å². The van der Waals surface area contributed by atoms with Gasteiger partial charge in [0.25, 0.3) is 5.91 Å². The Balaban J connectivity index is 1.53. The first-order valence-corrected chi connectivity index (χ1v) is 10.1. The Morgan fingerprint density at radius 1 is 1.06 bits per heavy atom. The summed E-state index contributed by atoms with van der Waals surface area (Å²) < 4.78 is 27.9. The van der Waals surface area contributed by atoms with Gasteiger partial charge in [0, 0.05) is 13.0 Å². The van der Waals surface area contributed by atoms with Crippen molar-refractivity contribution in [1.29, 1.82) is 0 Å². The van der Waals surface area contributed by atoms with Gasteiger partial charge in [-0.25, -0.2) is 8.78 Å². The minimum absolute atomic E-state index is 0.0309. The smallest absolute Gasteiger partial charge is 0.257 e. The molecule has 0 N–H and O–H groups in total. The first-order valence-electron chi connectivity index (χ1n) is 10.1. The Hall–Kier alpha value is -3.54. The molecule has 1 aliphatic rings. The SMILES string of the molecule is Cc1ccc(C2=NO[C@H](CN(Cc3cccc(F)c3)C(=O)c3ccccc3F)C2)cc1. The van der Waals surface area contributed by atoms with Crippen LogP contribution in [0.2, 0.25) is 0 Å². The van der Waals surface area contributed by atoms with E-state index in [1.54, 1.807) is 18.2 Å². The van der Waals surface area contributed by atoms with Gasteiger partial charge in [-0.1, -0.05) is 59.3 Å². The van der Waals surface area contributed by atoms with Crippen LogP contribution >= 0.6 is 0 Å². The van der Waals surface area contributed by atoms with Gasteiger partial charge in [0.05, 0.1) is 17.8 Å². The van der Waals surface area contributed by atoms with Gasteiger partial charge >= 0.3 is 0 Å². The fraction of sp³-hybridized carbons (Fsp3) is 0.200. The van der Waals surface area contributed by atoms with Crippen LogP contribution in [0.25, 0.3) is 0 Å². The van der Waals surface area contributed by atoms with Gasteiger partial charge in [-0.3, -0.25) is 4.79 Å². The summed E-state index contributed by atoms with van der Waals surface area (Å²) in [7, 11) is 0. The van der Waals surface area contributed by atoms with E-state index in [2.05, 4.69) is 5.16 Å². The summed E-state index contributed by atoms with van der Waals surface area (Å²) >= 11 is 0. The summed E-state index contributed by atoms with van der Waals surface area (Å²) in [5.41, 5.74) is 3.50. The van der Waals surface area contributed by atoms with E-state index < -0.39 is 17.5 Å². The average Bonchev–Trinajstić information content (AvgIpc) is 3.22. The number of carbonyl (C=O) groups is 1. The molecule has 0 spiro atoms. The molecule has 0 saturated heterocycles. The molecule has 0 aromatic heterocycles. The lowest BCUT2D eigenvalue weighted by molar-refractivity contribution is 0.0402. The van der Waals surface area contributed by atoms with Crippen molar-refractivity contribution in [1.82, 2.24) is 4.90 Å². The Labute approximate surface area is 179 Å². The second-order valence-electron chi connectivity index (χ2n) is 7.63. The molecule has 0 saturated carbocycles. The van der Waals surface area contributed by atoms with Gasteiger partial charge in [0.1, 0.15) is 11.6 Å². The summed E-state index contributed by atoms with van der Waals surface area (Å²) in [6, 6.07) is 19.8. The fourth-order valence-corrected chi connectivity index (χ4v) is 3.57. The summed E-state index contributed by atoms with van der Waals surface area (Å²) in [6.07, 6.45) is 0.147. The standard InChI is InChI=1S/C25H22F2N2O2/c1-17-9-11-19(12-10-17)24-14-21(31-28-24)16-29(15-18-5-4-6-20(26)13-18)25(30)22-7-2-3-8-23(22)27/h2-13,21H,14-16H2,1H3/t21-/m0/s1. The molecule has 0 aliphatic carbocycles. The normalized spacial score (nSPS) is 15.3. The Kier molecular flexibility index (Phi) is 6.07. The molecule has 3 aromatic carbocycles. The van der Waals surface area contributed by atoms with Crippen molar-refractivity contribution in [2.24, 2.45) is 5.16 Å². The fourth-order valence-electron chi connectivity index (χ4n) is 3.57. The zero-order valence-electron chi connectivity index (χ0n) is 17.1. The van der Waals surface area contributed by atoms with Crippen molar-refractivity contribution in [3.63, 3.8) is 0 Å². The van der Waals surface area contributed by atoms with E-state index >= 15 is 0 Å². The van der Waals surface area contributed by atoms with E-state index in [4.69, 9.17) is 4.84 Å². The third kappa shape index (κ3) is 4.97. The molecule has 0 fully saturated rings. The predicted octanol–water partition coefficient (Wildman–Crippen LogP) is 5.11. The van der Waals surface area contributed by atoms with Crippen molar-refractivity contribution < 1.29 is 18.4 Å². The van der Waals surface area contributed by atoms with E-state index in [9.17, 15) is 13.6 Å². The van der Waals surface area contributed by atoms with Gasteiger partial charge in [0.2, 0.25) is 0 Å². The number of hydrogen-bond acceptors (Lipinski definition) is 3. The zero-order chi connectivity index (χ0) is 21.8. The molecular weight excluding hydrogens is 398 g/mol. The second-order valence-corrected chi connectivity index (χ2v) is 7.63. The molecule has 0 radical (unpaired) electrons. The van der Waals surface area contributed by atoms with Gasteiger partial charge in [-0.05, 0) is 42.3 Å². The minimum Gasteiger partial charge on any atom is -0.390 e. The largest absolute Gasteiger partial charge is 0.390 e. The van der Waals surface area contributed by atoms with Crippen LogP contribution in [0.15, 0.2) is 78.0 Å². The molecule has 1 amide bonds. The topological polar surface area (TPSA) is 41.9 Å². The summed E-state index contributed by atoms with van der Waals surface area (Å²) in [6.45, 7) is 2.34. The lowest BCUT2D eigenvalue weighted by Gasteiger charge is -2.25. The summed E-state index contributed by atoms with van der Waals surface area (Å²) in [4.78, 5) is 20.2. The number of amides is 1. The Morgan fingerprint density at radius 3 is 2.58 bits per heavy atom. The summed E-state index contributed by atoms with van der Waals surface area (Å²) in [5.74, 6) is -1.46. The Bertz CT molecular complexity index is 1110. The Morgan fingerprint density at radius 2 is 1.84 bits per heavy atom. The highest BCUT2D eigenvalue weighted by Crippen LogP contribution is 2.21. The second kappa shape index (κ2) is 9.08. The number of oxime groups is 1. The average molecular weight is 420 g/mol. The first-order chi connectivity index (χ1) is 15.0. The molecule has 1 atom stereocenters. The lowest BCUT2D eigenvalue weighted by Crippen LogP contribution is -2.37. The molecule has 0 bridgehead atoms. The first kappa shape index (κ1) is 20.7. The maximum absolute atomic E-state index is 14.3. The molecule has 31 heavy (non-hydrogen) atoms. The van der Waals surface area contributed by atoms with Crippen LogP contribution in [-0.2, 0) is 11.4 Å². The number of benzene rings is 3. The third-order valence-corrected chi connectivity index (χ3v) is 5.20. The molecule has 1 aliphatic heterocycles. The molecule has 0 unspecified atom stereocenters. The zero-order valence-corrected chi connectivity index (χ0v) is 17.1. The summed E-state index contributed by atoms with van der Waals surface area (Å²) in [5, 5.41) is 4.19. The van der Waals surface area contributed by atoms with E-state index in [0.29, 0.717) is 12.0 Å². The highest BCUT2D eigenvalue weighted by atomic mass is 19.1. The van der Waals surface area contributed by atoms with Crippen LogP contribution in [0.3, 0.4) is 0 Å². The van der Waals surface area contributed by atoms with E-state index in [1.165, 1.54) is 35.2 Å². The number of aryl methyl sites for hydroxylation is 1. The molecule has 158 valence electrons. The lowest BCUT2D eigenvalue weighted by atomic mass is 10.0. The van der Waals surface area contributed by atoms with Crippen molar-refractivity contribution in [3.8, 4) is 0 Å². The third-order valence-electron chi connectivity index (χ3n) is 5.20. The highest BCUT2D eigenvalue weighted by Gasteiger charge is 2.28. The van der Waals surface area contributed by atoms with Crippen LogP contribution in [-0.4, -0.2) is 29.2 Å². The number of hydrogen-bond donors (Lipinski definition) is 0. The van der Waals surface area contributed by atoms with Crippen molar-refractivity contribution >= 4 is 11.6 Å². The van der Waals surface area contributed by atoms with E-state index in [1.807, 2.05) is 31.2 Å². The van der Waals surface area contributed by atoms with Crippen molar-refractivity contribution in [2.45, 2.75) is 26.0 Å². The van der Waals surface area contributed by atoms with Gasteiger partial charge in [0.15, 0.2) is 6.10 Å². The van der Waals surface area contributed by atoms with Crippen LogP contribution in [0, 0.1) is 18.6 Å². The monoisotopic (exact) mass is 420 g/mol. The molecule has 4 rings (SSSR count). The number of rotatable bonds is 6. The minimum atomic E-state index is -0.597. The van der Waals surface area contributed by atoms with Crippen LogP contribution < -0.4 is 0 Å². The van der Waals surface area contributed by atoms with Crippen molar-refractivity contribution in [3.05, 3.63) is 107 Å². The van der Waals surface area contributed by atoms with E-state index in [-0.39, 0.29) is 24.8 Å². The molecule has 4 nitrogen and oxygen atoms in total. The predicted molar refractivity (Wildman–Crippen MR) is 115 cm³/mol. The molecule has 1 heterocycles. The highest BCUT2D eigenvalue weighted by molar-refractivity contribution is 6.01. The number of halogens is 2. The molecule has 6 heteroatoms.